The number of carbonyl (C=O) groups is 1. The lowest BCUT2D eigenvalue weighted by Gasteiger charge is -2.08. The maximum absolute atomic E-state index is 12.8. The van der Waals surface area contributed by atoms with Crippen LogP contribution in [0.5, 0.6) is 11.5 Å². The van der Waals surface area contributed by atoms with Gasteiger partial charge in [0, 0.05) is 24.7 Å². The number of ether oxygens (including phenoxy) is 2. The topological polar surface area (TPSA) is 106 Å². The summed E-state index contributed by atoms with van der Waals surface area (Å²) in [5.41, 5.74) is 2.31. The number of hydrogen-bond acceptors (Lipinski definition) is 6. The molecule has 0 spiro atoms. The van der Waals surface area contributed by atoms with Crippen LogP contribution in [0.15, 0.2) is 58.8 Å². The number of nitrogens with zero attached hydrogens (tertiary/aromatic N) is 1. The monoisotopic (exact) mass is 401 g/mol. The number of hydrogen-bond donors (Lipinski definition) is 3. The summed E-state index contributed by atoms with van der Waals surface area (Å²) in [7, 11) is 1.61. The Kier molecular flexibility index (Phi) is 6.51. The summed E-state index contributed by atoms with van der Waals surface area (Å²) in [4.78, 5) is 14.8. The van der Waals surface area contributed by atoms with Gasteiger partial charge in [0.1, 0.15) is 23.6 Å². The lowest BCUT2D eigenvalue weighted by Crippen LogP contribution is -2.25. The molecule has 29 heavy (non-hydrogen) atoms. The van der Waals surface area contributed by atoms with Gasteiger partial charge >= 0.3 is 6.09 Å². The van der Waals surface area contributed by atoms with E-state index in [0.717, 1.165) is 11.3 Å². The molecule has 0 aliphatic rings. The Morgan fingerprint density at radius 2 is 2.14 bits per heavy atom. The van der Waals surface area contributed by atoms with Crippen LogP contribution in [0.25, 0.3) is 11.1 Å². The smallest absolute Gasteiger partial charge is 0.404 e. The van der Waals surface area contributed by atoms with Gasteiger partial charge in [-0.1, -0.05) is 12.1 Å². The van der Waals surface area contributed by atoms with E-state index in [1.54, 1.807) is 25.3 Å². The molecule has 0 aliphatic heterocycles. The quantitative estimate of drug-likeness (QED) is 0.498. The minimum atomic E-state index is -1.23. The van der Waals surface area contributed by atoms with Gasteiger partial charge in [0.15, 0.2) is 5.58 Å². The van der Waals surface area contributed by atoms with Crippen LogP contribution in [0.2, 0.25) is 0 Å². The van der Waals surface area contributed by atoms with E-state index < -0.39 is 6.09 Å². The molecule has 3 rings (SSSR count). The van der Waals surface area contributed by atoms with Crippen molar-refractivity contribution < 1.29 is 28.2 Å². The summed E-state index contributed by atoms with van der Waals surface area (Å²) in [6.07, 6.45) is -0.912. The van der Waals surface area contributed by atoms with Crippen LogP contribution in [-0.4, -0.2) is 36.4 Å². The molecule has 0 saturated heterocycles. The van der Waals surface area contributed by atoms with Crippen molar-refractivity contribution in [2.45, 2.75) is 6.54 Å². The van der Waals surface area contributed by atoms with Crippen LogP contribution < -0.4 is 20.1 Å². The van der Waals surface area contributed by atoms with Gasteiger partial charge in [0.25, 0.3) is 6.01 Å². The first kappa shape index (κ1) is 20.0. The molecule has 8 nitrogen and oxygen atoms in total. The number of halogens is 1. The molecule has 0 radical (unpaired) electrons. The van der Waals surface area contributed by atoms with Crippen LogP contribution in [0.4, 0.5) is 15.2 Å². The van der Waals surface area contributed by atoms with E-state index in [4.69, 9.17) is 19.0 Å². The predicted molar refractivity (Wildman–Crippen MR) is 105 cm³/mol. The van der Waals surface area contributed by atoms with Gasteiger partial charge in [-0.3, -0.25) is 0 Å². The molecule has 0 unspecified atom stereocenters. The number of anilines is 1. The molecule has 2 aromatic carbocycles. The fourth-order valence-electron chi connectivity index (χ4n) is 2.52. The van der Waals surface area contributed by atoms with Crippen molar-refractivity contribution in [1.29, 1.82) is 0 Å². The zero-order chi connectivity index (χ0) is 20.6. The van der Waals surface area contributed by atoms with Crippen LogP contribution in [0, 0.1) is 0 Å². The Morgan fingerprint density at radius 3 is 2.90 bits per heavy atom. The molecule has 1 heterocycles. The highest BCUT2D eigenvalue weighted by Gasteiger charge is 2.08. The average molecular weight is 401 g/mol. The van der Waals surface area contributed by atoms with E-state index in [9.17, 15) is 9.18 Å². The molecule has 0 saturated carbocycles. The molecule has 0 atom stereocenters. The first-order valence-electron chi connectivity index (χ1n) is 8.72. The van der Waals surface area contributed by atoms with Crippen molar-refractivity contribution in [3.63, 3.8) is 0 Å². The number of carboxylic acid groups (broad SMARTS) is 1. The fraction of sp³-hybridized carbons (Fsp3) is 0.200. The van der Waals surface area contributed by atoms with Crippen molar-refractivity contribution in [2.24, 2.45) is 0 Å². The Bertz CT molecular complexity index is 1020. The number of fused-ring (bicyclic) bond motifs is 1. The second kappa shape index (κ2) is 9.45. The summed E-state index contributed by atoms with van der Waals surface area (Å²) in [5, 5.41) is 13.8. The minimum absolute atomic E-state index is 0.0998. The third-order valence-electron chi connectivity index (χ3n) is 3.98. The van der Waals surface area contributed by atoms with E-state index >= 15 is 0 Å². The first-order valence-corrected chi connectivity index (χ1v) is 8.72. The summed E-state index contributed by atoms with van der Waals surface area (Å²) in [5.74, 6) is 1.21. The fourth-order valence-corrected chi connectivity index (χ4v) is 2.52. The zero-order valence-electron chi connectivity index (χ0n) is 15.6. The van der Waals surface area contributed by atoms with E-state index in [1.807, 2.05) is 24.3 Å². The number of benzene rings is 2. The number of aromatic nitrogens is 1. The number of oxazole rings is 1. The molecule has 3 N–H and O–H groups in total. The predicted octanol–water partition coefficient (Wildman–Crippen LogP) is 3.95. The summed E-state index contributed by atoms with van der Waals surface area (Å²) in [6.45, 7) is 0.251. The van der Waals surface area contributed by atoms with E-state index in [-0.39, 0.29) is 18.7 Å². The standard InChI is InChI=1S/C20H20FN3O5/c1-27-15-4-2-3-13(7-15)10-22-19-24-17-6-5-16(8-18(17)29-19)28-12-14(9-21)11-23-20(25)26/h2-9,23H,10-12H2,1H3,(H,22,24)(H,25,26). The maximum Gasteiger partial charge on any atom is 0.404 e. The Morgan fingerprint density at radius 1 is 1.28 bits per heavy atom. The highest BCUT2D eigenvalue weighted by atomic mass is 19.1. The Balaban J connectivity index is 1.61. The molecule has 3 aromatic rings. The van der Waals surface area contributed by atoms with Gasteiger partial charge < -0.3 is 29.6 Å². The number of rotatable bonds is 9. The molecule has 1 amide bonds. The number of amides is 1. The van der Waals surface area contributed by atoms with Crippen molar-refractivity contribution >= 4 is 23.2 Å². The first-order chi connectivity index (χ1) is 14.1. The van der Waals surface area contributed by atoms with Crippen LogP contribution in [0.3, 0.4) is 0 Å². The van der Waals surface area contributed by atoms with Crippen molar-refractivity contribution in [1.82, 2.24) is 10.3 Å². The SMILES string of the molecule is COc1cccc(CNc2nc3ccc(OCC(=CF)CNC(=O)O)cc3o2)c1. The number of methoxy groups -OCH3 is 1. The van der Waals surface area contributed by atoms with Gasteiger partial charge in [-0.25, -0.2) is 9.18 Å². The van der Waals surface area contributed by atoms with E-state index in [0.29, 0.717) is 35.7 Å². The normalized spacial score (nSPS) is 11.3. The van der Waals surface area contributed by atoms with Crippen LogP contribution >= 0.6 is 0 Å². The lowest BCUT2D eigenvalue weighted by atomic mass is 10.2. The molecule has 0 bridgehead atoms. The molecule has 0 fully saturated rings. The average Bonchev–Trinajstić information content (AvgIpc) is 3.14. The lowest BCUT2D eigenvalue weighted by molar-refractivity contribution is 0.195. The summed E-state index contributed by atoms with van der Waals surface area (Å²) < 4.78 is 29.2. The minimum Gasteiger partial charge on any atom is -0.497 e. The maximum atomic E-state index is 12.8. The van der Waals surface area contributed by atoms with Gasteiger partial charge in [-0.15, -0.1) is 0 Å². The highest BCUT2D eigenvalue weighted by molar-refractivity contribution is 5.76. The third-order valence-corrected chi connectivity index (χ3v) is 3.98. The van der Waals surface area contributed by atoms with Crippen molar-refractivity contribution in [3.05, 3.63) is 59.9 Å². The second-order valence-corrected chi connectivity index (χ2v) is 6.07. The molecular weight excluding hydrogens is 381 g/mol. The van der Waals surface area contributed by atoms with Crippen molar-refractivity contribution in [3.8, 4) is 11.5 Å². The van der Waals surface area contributed by atoms with Gasteiger partial charge in [-0.05, 0) is 29.8 Å². The number of nitrogens with one attached hydrogen (secondary N) is 2. The second-order valence-electron chi connectivity index (χ2n) is 6.07. The van der Waals surface area contributed by atoms with E-state index in [1.165, 1.54) is 0 Å². The van der Waals surface area contributed by atoms with Gasteiger partial charge in [0.2, 0.25) is 0 Å². The molecule has 0 aliphatic carbocycles. The summed E-state index contributed by atoms with van der Waals surface area (Å²) in [6, 6.07) is 13.0. The van der Waals surface area contributed by atoms with Crippen molar-refractivity contribution in [2.75, 3.05) is 25.6 Å². The molecule has 1 aromatic heterocycles. The van der Waals surface area contributed by atoms with E-state index in [2.05, 4.69) is 15.6 Å². The third kappa shape index (κ3) is 5.61. The van der Waals surface area contributed by atoms with Crippen LogP contribution in [-0.2, 0) is 6.54 Å². The molecule has 152 valence electrons. The molecular formula is C20H20FN3O5. The van der Waals surface area contributed by atoms with Gasteiger partial charge in [-0.2, -0.15) is 4.98 Å². The van der Waals surface area contributed by atoms with Gasteiger partial charge in [0.05, 0.1) is 13.4 Å². The summed E-state index contributed by atoms with van der Waals surface area (Å²) >= 11 is 0. The van der Waals surface area contributed by atoms with Crippen LogP contribution in [0.1, 0.15) is 5.56 Å². The largest absolute Gasteiger partial charge is 0.497 e. The Labute approximate surface area is 165 Å². The highest BCUT2D eigenvalue weighted by Crippen LogP contribution is 2.24. The Hall–Kier alpha value is -3.75. The molecule has 9 heteroatoms. The zero-order valence-corrected chi connectivity index (χ0v) is 15.6.